The van der Waals surface area contributed by atoms with Crippen molar-refractivity contribution in [2.45, 2.75) is 31.5 Å². The predicted octanol–water partition coefficient (Wildman–Crippen LogP) is 4.41. The number of aromatic nitrogens is 2. The van der Waals surface area contributed by atoms with E-state index in [1.807, 2.05) is 19.1 Å². The van der Waals surface area contributed by atoms with Crippen LogP contribution in [0.4, 0.5) is 4.39 Å². The van der Waals surface area contributed by atoms with Gasteiger partial charge >= 0.3 is 0 Å². The number of nitrogens with zero attached hydrogens (tertiary/aromatic N) is 2. The molecule has 1 N–H and O–H groups in total. The van der Waals surface area contributed by atoms with E-state index in [1.165, 1.54) is 11.6 Å². The van der Waals surface area contributed by atoms with Crippen molar-refractivity contribution in [1.82, 2.24) is 15.5 Å². The summed E-state index contributed by atoms with van der Waals surface area (Å²) in [6.45, 7) is 4.04. The first-order valence-corrected chi connectivity index (χ1v) is 9.64. The van der Waals surface area contributed by atoms with Crippen LogP contribution in [0, 0.1) is 5.82 Å². The van der Waals surface area contributed by atoms with Crippen LogP contribution in [0.15, 0.2) is 58.2 Å². The minimum Gasteiger partial charge on any atom is -0.411 e. The Morgan fingerprint density at radius 3 is 2.63 bits per heavy atom. The second-order valence-electron chi connectivity index (χ2n) is 6.03. The summed E-state index contributed by atoms with van der Waals surface area (Å²) in [6, 6.07) is 14.3. The van der Waals surface area contributed by atoms with Gasteiger partial charge in [0.2, 0.25) is 5.91 Å². The van der Waals surface area contributed by atoms with Crippen LogP contribution in [-0.2, 0) is 11.2 Å². The fourth-order valence-corrected chi connectivity index (χ4v) is 3.12. The lowest BCUT2D eigenvalue weighted by Crippen LogP contribution is -2.28. The van der Waals surface area contributed by atoms with Gasteiger partial charge in [-0.25, -0.2) is 4.39 Å². The molecule has 1 aromatic heterocycles. The van der Waals surface area contributed by atoms with Crippen molar-refractivity contribution in [1.29, 1.82) is 0 Å². The number of nitrogens with one attached hydrogen (secondary N) is 1. The SMILES string of the molecule is CCc1ccc([C@H](C)NC(=O)CSc2nnc(-c3ccccc3F)o2)cc1. The van der Waals surface area contributed by atoms with Crippen LogP contribution in [-0.4, -0.2) is 21.9 Å². The van der Waals surface area contributed by atoms with Crippen molar-refractivity contribution in [3.63, 3.8) is 0 Å². The zero-order chi connectivity index (χ0) is 19.2. The summed E-state index contributed by atoms with van der Waals surface area (Å²) in [7, 11) is 0. The number of thioether (sulfide) groups is 1. The zero-order valence-corrected chi connectivity index (χ0v) is 15.9. The first-order chi connectivity index (χ1) is 13.1. The number of aryl methyl sites for hydroxylation is 1. The van der Waals surface area contributed by atoms with Gasteiger partial charge in [-0.3, -0.25) is 4.79 Å². The fourth-order valence-electron chi connectivity index (χ4n) is 2.55. The van der Waals surface area contributed by atoms with Crippen LogP contribution in [0.3, 0.4) is 0 Å². The lowest BCUT2D eigenvalue weighted by molar-refractivity contribution is -0.119. The topological polar surface area (TPSA) is 68.0 Å². The third-order valence-electron chi connectivity index (χ3n) is 4.10. The standard InChI is InChI=1S/C20H20FN3O2S/c1-3-14-8-10-15(11-9-14)13(2)22-18(25)12-27-20-24-23-19(26-20)16-6-4-5-7-17(16)21/h4-11,13H,3,12H2,1-2H3,(H,22,25)/t13-/m0/s1. The lowest BCUT2D eigenvalue weighted by atomic mass is 10.1. The molecule has 27 heavy (non-hydrogen) atoms. The van der Waals surface area contributed by atoms with Gasteiger partial charge in [-0.2, -0.15) is 0 Å². The fraction of sp³-hybridized carbons (Fsp3) is 0.250. The first-order valence-electron chi connectivity index (χ1n) is 8.66. The number of hydrogen-bond donors (Lipinski definition) is 1. The summed E-state index contributed by atoms with van der Waals surface area (Å²) in [4.78, 5) is 12.2. The Kier molecular flexibility index (Phi) is 6.24. The van der Waals surface area contributed by atoms with Crippen LogP contribution >= 0.6 is 11.8 Å². The van der Waals surface area contributed by atoms with E-state index in [2.05, 4.69) is 34.6 Å². The van der Waals surface area contributed by atoms with E-state index in [0.29, 0.717) is 0 Å². The summed E-state index contributed by atoms with van der Waals surface area (Å²) < 4.78 is 19.2. The van der Waals surface area contributed by atoms with E-state index in [4.69, 9.17) is 4.42 Å². The van der Waals surface area contributed by atoms with Crippen molar-refractivity contribution >= 4 is 17.7 Å². The van der Waals surface area contributed by atoms with Crippen molar-refractivity contribution in [3.8, 4) is 11.5 Å². The van der Waals surface area contributed by atoms with Crippen molar-refractivity contribution < 1.29 is 13.6 Å². The number of hydrogen-bond acceptors (Lipinski definition) is 5. The van der Waals surface area contributed by atoms with Crippen LogP contribution in [0.25, 0.3) is 11.5 Å². The molecule has 5 nitrogen and oxygen atoms in total. The van der Waals surface area contributed by atoms with Gasteiger partial charge in [0.05, 0.1) is 17.4 Å². The number of rotatable bonds is 7. The van der Waals surface area contributed by atoms with Gasteiger partial charge in [0.15, 0.2) is 0 Å². The number of amides is 1. The molecule has 1 atom stereocenters. The molecule has 0 spiro atoms. The maximum Gasteiger partial charge on any atom is 0.277 e. The summed E-state index contributed by atoms with van der Waals surface area (Å²) in [5.41, 5.74) is 2.55. The van der Waals surface area contributed by atoms with Crippen LogP contribution in [0.5, 0.6) is 0 Å². The van der Waals surface area contributed by atoms with Crippen molar-refractivity contribution in [2.24, 2.45) is 0 Å². The molecule has 0 radical (unpaired) electrons. The van der Waals surface area contributed by atoms with Gasteiger partial charge in [0.25, 0.3) is 11.1 Å². The van der Waals surface area contributed by atoms with E-state index in [0.717, 1.165) is 23.7 Å². The highest BCUT2D eigenvalue weighted by Crippen LogP contribution is 2.25. The van der Waals surface area contributed by atoms with Crippen LogP contribution in [0.2, 0.25) is 0 Å². The predicted molar refractivity (Wildman–Crippen MR) is 103 cm³/mol. The van der Waals surface area contributed by atoms with Gasteiger partial charge in [0, 0.05) is 0 Å². The monoisotopic (exact) mass is 385 g/mol. The Labute approximate surface area is 161 Å². The molecular weight excluding hydrogens is 365 g/mol. The molecule has 0 saturated carbocycles. The van der Waals surface area contributed by atoms with E-state index in [9.17, 15) is 9.18 Å². The molecule has 3 rings (SSSR count). The van der Waals surface area contributed by atoms with Crippen molar-refractivity contribution in [2.75, 3.05) is 5.75 Å². The Hall–Kier alpha value is -2.67. The molecule has 0 aliphatic carbocycles. The Morgan fingerprint density at radius 2 is 1.93 bits per heavy atom. The van der Waals surface area contributed by atoms with E-state index in [1.54, 1.807) is 18.2 Å². The zero-order valence-electron chi connectivity index (χ0n) is 15.1. The first kappa shape index (κ1) is 19.1. The molecule has 0 unspecified atom stereocenters. The molecule has 0 aliphatic heterocycles. The largest absolute Gasteiger partial charge is 0.411 e. The molecule has 1 heterocycles. The van der Waals surface area contributed by atoms with Gasteiger partial charge in [0.1, 0.15) is 5.82 Å². The third-order valence-corrected chi connectivity index (χ3v) is 4.92. The highest BCUT2D eigenvalue weighted by atomic mass is 32.2. The summed E-state index contributed by atoms with van der Waals surface area (Å²) in [5, 5.41) is 10.9. The number of halogens is 1. The van der Waals surface area contributed by atoms with Crippen LogP contribution in [0.1, 0.15) is 31.0 Å². The smallest absolute Gasteiger partial charge is 0.277 e. The molecule has 0 fully saturated rings. The lowest BCUT2D eigenvalue weighted by Gasteiger charge is -2.14. The number of benzene rings is 2. The summed E-state index contributed by atoms with van der Waals surface area (Å²) >= 11 is 1.12. The summed E-state index contributed by atoms with van der Waals surface area (Å²) in [6.07, 6.45) is 0.983. The van der Waals surface area contributed by atoms with Crippen molar-refractivity contribution in [3.05, 3.63) is 65.5 Å². The molecule has 2 aromatic carbocycles. The number of carbonyl (C=O) groups excluding carboxylic acids is 1. The molecule has 7 heteroatoms. The molecule has 140 valence electrons. The second kappa shape index (κ2) is 8.81. The quantitative estimate of drug-likeness (QED) is 0.610. The van der Waals surface area contributed by atoms with Gasteiger partial charge in [-0.1, -0.05) is 55.1 Å². The molecule has 3 aromatic rings. The molecule has 0 saturated heterocycles. The van der Waals surface area contributed by atoms with Crippen LogP contribution < -0.4 is 5.32 Å². The average Bonchev–Trinajstić information content (AvgIpc) is 3.15. The Bertz CT molecular complexity index is 912. The normalized spacial score (nSPS) is 12.0. The molecule has 1 amide bonds. The van der Waals surface area contributed by atoms with E-state index in [-0.39, 0.29) is 34.4 Å². The maximum atomic E-state index is 13.8. The molecular formula is C20H20FN3O2S. The average molecular weight is 385 g/mol. The summed E-state index contributed by atoms with van der Waals surface area (Å²) in [5.74, 6) is -0.340. The second-order valence-corrected chi connectivity index (χ2v) is 6.95. The molecule has 0 aliphatic rings. The highest BCUT2D eigenvalue weighted by molar-refractivity contribution is 7.99. The van der Waals surface area contributed by atoms with Gasteiger partial charge < -0.3 is 9.73 Å². The molecule has 0 bridgehead atoms. The van der Waals surface area contributed by atoms with Gasteiger partial charge in [-0.05, 0) is 36.6 Å². The minimum absolute atomic E-state index is 0.0966. The third kappa shape index (κ3) is 4.95. The maximum absolute atomic E-state index is 13.8. The Balaban J connectivity index is 1.54. The highest BCUT2D eigenvalue weighted by Gasteiger charge is 2.15. The Morgan fingerprint density at radius 1 is 1.19 bits per heavy atom. The van der Waals surface area contributed by atoms with E-state index >= 15 is 0 Å². The minimum atomic E-state index is -0.432. The van der Waals surface area contributed by atoms with E-state index < -0.39 is 5.82 Å². The number of carbonyl (C=O) groups is 1. The van der Waals surface area contributed by atoms with Gasteiger partial charge in [-0.15, -0.1) is 10.2 Å².